The molecule has 144 valence electrons. The van der Waals surface area contributed by atoms with E-state index in [1.165, 1.54) is 17.2 Å². The number of aliphatic hydroxyl groups excluding tert-OH is 1. The number of rotatable bonds is 3. The number of nitrogens with one attached hydrogen (secondary N) is 1. The molecule has 2 atom stereocenters. The molecule has 8 heteroatoms. The molecule has 2 N–H and O–H groups in total. The number of H-pyrrole nitrogens is 1. The molecular formula is C20H18ClN3O4. The molecule has 0 saturated carbocycles. The van der Waals surface area contributed by atoms with E-state index in [2.05, 4.69) is 9.97 Å². The summed E-state index contributed by atoms with van der Waals surface area (Å²) in [7, 11) is 0. The normalized spacial score (nSPS) is 19.6. The summed E-state index contributed by atoms with van der Waals surface area (Å²) in [6.07, 6.45) is 3.87. The first-order chi connectivity index (χ1) is 13.5. The number of pyridine rings is 2. The Balaban J connectivity index is 1.49. The van der Waals surface area contributed by atoms with Gasteiger partial charge in [-0.05, 0) is 18.2 Å². The molecule has 0 radical (unpaired) electrons. The highest BCUT2D eigenvalue weighted by Crippen LogP contribution is 2.28. The van der Waals surface area contributed by atoms with Gasteiger partial charge in [-0.25, -0.2) is 0 Å². The van der Waals surface area contributed by atoms with Crippen molar-refractivity contribution in [3.63, 3.8) is 0 Å². The van der Waals surface area contributed by atoms with Crippen molar-refractivity contribution in [1.82, 2.24) is 14.9 Å². The van der Waals surface area contributed by atoms with Crippen LogP contribution in [0.3, 0.4) is 0 Å². The van der Waals surface area contributed by atoms with Gasteiger partial charge in [-0.2, -0.15) is 0 Å². The molecule has 1 aromatic carbocycles. The molecule has 0 spiro atoms. The number of nitrogens with zero attached hydrogens (tertiary/aromatic N) is 2. The van der Waals surface area contributed by atoms with Crippen LogP contribution in [-0.2, 0) is 0 Å². The number of benzene rings is 1. The van der Waals surface area contributed by atoms with Crippen LogP contribution in [0.2, 0.25) is 5.02 Å². The second kappa shape index (κ2) is 7.61. The molecule has 1 saturated heterocycles. The van der Waals surface area contributed by atoms with E-state index in [4.69, 9.17) is 16.3 Å². The van der Waals surface area contributed by atoms with E-state index in [1.54, 1.807) is 12.4 Å². The van der Waals surface area contributed by atoms with Crippen LogP contribution in [-0.4, -0.2) is 51.2 Å². The SMILES string of the molecule is O=C(c1cc(Cl)c[nH]c1=O)N1CC[C@@H](Oc2cccc3cnccc23)[C@H](O)C1. The maximum Gasteiger partial charge on any atom is 0.260 e. The van der Waals surface area contributed by atoms with Gasteiger partial charge in [0.15, 0.2) is 0 Å². The lowest BCUT2D eigenvalue weighted by Crippen LogP contribution is -2.51. The van der Waals surface area contributed by atoms with E-state index in [0.717, 1.165) is 10.8 Å². The van der Waals surface area contributed by atoms with Crippen molar-refractivity contribution in [2.24, 2.45) is 0 Å². The highest BCUT2D eigenvalue weighted by molar-refractivity contribution is 6.30. The highest BCUT2D eigenvalue weighted by Gasteiger charge is 2.33. The first-order valence-corrected chi connectivity index (χ1v) is 9.25. The monoisotopic (exact) mass is 399 g/mol. The zero-order chi connectivity index (χ0) is 19.7. The smallest absolute Gasteiger partial charge is 0.260 e. The largest absolute Gasteiger partial charge is 0.487 e. The Morgan fingerprint density at radius 1 is 1.36 bits per heavy atom. The molecule has 28 heavy (non-hydrogen) atoms. The van der Waals surface area contributed by atoms with E-state index in [1.807, 2.05) is 24.3 Å². The van der Waals surface area contributed by atoms with Crippen LogP contribution in [0, 0.1) is 0 Å². The molecule has 3 aromatic rings. The molecule has 1 aliphatic rings. The second-order valence-corrected chi connectivity index (χ2v) is 7.11. The van der Waals surface area contributed by atoms with Crippen LogP contribution in [0.5, 0.6) is 5.75 Å². The number of carbonyl (C=O) groups excluding carboxylic acids is 1. The molecule has 0 aliphatic carbocycles. The van der Waals surface area contributed by atoms with Crippen molar-refractivity contribution in [2.75, 3.05) is 13.1 Å². The van der Waals surface area contributed by atoms with Crippen LogP contribution in [0.1, 0.15) is 16.8 Å². The van der Waals surface area contributed by atoms with Gasteiger partial charge >= 0.3 is 0 Å². The molecular weight excluding hydrogens is 382 g/mol. The Labute approximate surface area is 165 Å². The van der Waals surface area contributed by atoms with Crippen molar-refractivity contribution in [1.29, 1.82) is 0 Å². The zero-order valence-electron chi connectivity index (χ0n) is 14.8. The highest BCUT2D eigenvalue weighted by atomic mass is 35.5. The van der Waals surface area contributed by atoms with Crippen molar-refractivity contribution in [3.05, 3.63) is 69.9 Å². The number of fused-ring (bicyclic) bond motifs is 1. The maximum absolute atomic E-state index is 12.6. The Morgan fingerprint density at radius 3 is 3.04 bits per heavy atom. The van der Waals surface area contributed by atoms with Crippen LogP contribution >= 0.6 is 11.6 Å². The topological polar surface area (TPSA) is 95.5 Å². The predicted molar refractivity (Wildman–Crippen MR) is 105 cm³/mol. The summed E-state index contributed by atoms with van der Waals surface area (Å²) in [5.74, 6) is 0.201. The van der Waals surface area contributed by atoms with Gasteiger partial charge in [0, 0.05) is 42.3 Å². The van der Waals surface area contributed by atoms with Gasteiger partial charge in [0.25, 0.3) is 11.5 Å². The van der Waals surface area contributed by atoms with Gasteiger partial charge in [-0.1, -0.05) is 23.7 Å². The summed E-state index contributed by atoms with van der Waals surface area (Å²) in [6.45, 7) is 0.431. The van der Waals surface area contributed by atoms with Crippen LogP contribution < -0.4 is 10.3 Å². The minimum atomic E-state index is -0.881. The third kappa shape index (κ3) is 3.58. The summed E-state index contributed by atoms with van der Waals surface area (Å²) in [6, 6.07) is 8.85. The Kier molecular flexibility index (Phi) is 5.02. The van der Waals surface area contributed by atoms with Gasteiger partial charge in [0.05, 0.1) is 11.6 Å². The number of hydrogen-bond donors (Lipinski definition) is 2. The molecule has 2 aromatic heterocycles. The lowest BCUT2D eigenvalue weighted by Gasteiger charge is -2.36. The molecule has 0 bridgehead atoms. The minimum absolute atomic E-state index is 0.0411. The van der Waals surface area contributed by atoms with Crippen molar-refractivity contribution >= 4 is 28.3 Å². The standard InChI is InChI=1S/C20H18ClN3O4/c21-13-8-15(19(26)23-10-13)20(27)24-7-5-18(16(25)11-24)28-17-3-1-2-12-9-22-6-4-14(12)17/h1-4,6,8-10,16,18,25H,5,7,11H2,(H,23,26)/t16-,18-/m1/s1. The molecule has 0 unspecified atom stereocenters. The second-order valence-electron chi connectivity index (χ2n) is 6.68. The fraction of sp³-hybridized carbons (Fsp3) is 0.250. The van der Waals surface area contributed by atoms with Crippen LogP contribution in [0.25, 0.3) is 10.8 Å². The van der Waals surface area contributed by atoms with E-state index in [-0.39, 0.29) is 17.1 Å². The van der Waals surface area contributed by atoms with E-state index >= 15 is 0 Å². The number of β-amino-alcohol motifs (C(OH)–C–C–N with tert-alkyl or cyclic N) is 1. The van der Waals surface area contributed by atoms with Gasteiger partial charge in [0.2, 0.25) is 0 Å². The van der Waals surface area contributed by atoms with Gasteiger partial charge in [-0.15, -0.1) is 0 Å². The lowest BCUT2D eigenvalue weighted by molar-refractivity contribution is -0.0193. The third-order valence-corrected chi connectivity index (χ3v) is 5.04. The quantitative estimate of drug-likeness (QED) is 0.704. The first kappa shape index (κ1) is 18.5. The summed E-state index contributed by atoms with van der Waals surface area (Å²) in [5.41, 5.74) is -0.549. The Bertz CT molecular complexity index is 1080. The van der Waals surface area contributed by atoms with Crippen LogP contribution in [0.4, 0.5) is 0 Å². The number of ether oxygens (including phenoxy) is 1. The van der Waals surface area contributed by atoms with Crippen molar-refractivity contribution in [2.45, 2.75) is 18.6 Å². The van der Waals surface area contributed by atoms with E-state index in [9.17, 15) is 14.7 Å². The molecule has 4 rings (SSSR count). The maximum atomic E-state index is 12.6. The summed E-state index contributed by atoms with van der Waals surface area (Å²) < 4.78 is 6.05. The number of aliphatic hydroxyl groups is 1. The molecule has 1 fully saturated rings. The average molecular weight is 400 g/mol. The number of piperidine rings is 1. The van der Waals surface area contributed by atoms with Gasteiger partial charge in [-0.3, -0.25) is 14.6 Å². The Morgan fingerprint density at radius 2 is 2.21 bits per heavy atom. The molecule has 7 nitrogen and oxygen atoms in total. The average Bonchev–Trinajstić information content (AvgIpc) is 2.71. The fourth-order valence-corrected chi connectivity index (χ4v) is 3.54. The van der Waals surface area contributed by atoms with E-state index in [0.29, 0.717) is 18.7 Å². The molecule has 3 heterocycles. The number of carbonyl (C=O) groups is 1. The minimum Gasteiger partial charge on any atom is -0.487 e. The summed E-state index contributed by atoms with van der Waals surface area (Å²) >= 11 is 5.87. The van der Waals surface area contributed by atoms with E-state index < -0.39 is 23.7 Å². The fourth-order valence-electron chi connectivity index (χ4n) is 3.38. The number of halogens is 1. The summed E-state index contributed by atoms with van der Waals surface area (Å²) in [5, 5.41) is 12.7. The molecule has 1 amide bonds. The number of aromatic nitrogens is 2. The third-order valence-electron chi connectivity index (χ3n) is 4.82. The number of amides is 1. The Hall–Kier alpha value is -2.90. The number of aromatic amines is 1. The number of hydrogen-bond acceptors (Lipinski definition) is 5. The molecule has 1 aliphatic heterocycles. The van der Waals surface area contributed by atoms with Gasteiger partial charge in [0.1, 0.15) is 23.5 Å². The lowest BCUT2D eigenvalue weighted by atomic mass is 10.0. The first-order valence-electron chi connectivity index (χ1n) is 8.88. The summed E-state index contributed by atoms with van der Waals surface area (Å²) in [4.78, 5) is 32.5. The number of likely N-dealkylation sites (tertiary alicyclic amines) is 1. The van der Waals surface area contributed by atoms with Crippen molar-refractivity contribution < 1.29 is 14.6 Å². The predicted octanol–water partition coefficient (Wildman–Crippen LogP) is 2.23. The van der Waals surface area contributed by atoms with Crippen molar-refractivity contribution in [3.8, 4) is 5.75 Å². The zero-order valence-corrected chi connectivity index (χ0v) is 15.6. The van der Waals surface area contributed by atoms with Gasteiger partial charge < -0.3 is 19.7 Å². The van der Waals surface area contributed by atoms with Crippen LogP contribution in [0.15, 0.2) is 53.7 Å².